The third-order valence-corrected chi connectivity index (χ3v) is 3.73. The molecule has 0 aliphatic heterocycles. The standard InChI is InChI=1S/C19H15N3O5/c23-18-9-8-13-4-1-2-7-16(13)17(18)11-20-21-19(24)12-27-15-6-3-5-14(10-15)22(25)26/h1-11,23H,12H2,(H,21,24). The van der Waals surface area contributed by atoms with Crippen LogP contribution in [0.1, 0.15) is 5.56 Å². The van der Waals surface area contributed by atoms with E-state index in [1.54, 1.807) is 12.1 Å². The number of nitrogens with one attached hydrogen (secondary N) is 1. The lowest BCUT2D eigenvalue weighted by Crippen LogP contribution is -2.24. The molecule has 0 saturated heterocycles. The number of phenols is 1. The van der Waals surface area contributed by atoms with E-state index in [0.717, 1.165) is 10.8 Å². The van der Waals surface area contributed by atoms with Gasteiger partial charge in [-0.05, 0) is 22.9 Å². The number of amides is 1. The van der Waals surface area contributed by atoms with Gasteiger partial charge in [-0.2, -0.15) is 5.10 Å². The maximum absolute atomic E-state index is 11.8. The Labute approximate surface area is 153 Å². The zero-order valence-electron chi connectivity index (χ0n) is 14.0. The number of nitro benzene ring substituents is 1. The Morgan fingerprint density at radius 1 is 1.19 bits per heavy atom. The highest BCUT2D eigenvalue weighted by Gasteiger charge is 2.08. The first-order chi connectivity index (χ1) is 13.0. The molecule has 0 bridgehead atoms. The summed E-state index contributed by atoms with van der Waals surface area (Å²) in [7, 11) is 0. The van der Waals surface area contributed by atoms with E-state index in [1.165, 1.54) is 30.5 Å². The number of rotatable bonds is 6. The van der Waals surface area contributed by atoms with Gasteiger partial charge in [-0.25, -0.2) is 5.43 Å². The van der Waals surface area contributed by atoms with Gasteiger partial charge in [0.2, 0.25) is 0 Å². The van der Waals surface area contributed by atoms with Gasteiger partial charge in [0.05, 0.1) is 17.2 Å². The molecule has 0 spiro atoms. The predicted octanol–water partition coefficient (Wildman–Crippen LogP) is 2.98. The van der Waals surface area contributed by atoms with Crippen LogP contribution in [-0.4, -0.2) is 28.8 Å². The number of fused-ring (bicyclic) bond motifs is 1. The highest BCUT2D eigenvalue weighted by atomic mass is 16.6. The van der Waals surface area contributed by atoms with Crippen LogP contribution in [-0.2, 0) is 4.79 Å². The van der Waals surface area contributed by atoms with Crippen LogP contribution in [0.25, 0.3) is 10.8 Å². The second kappa shape index (κ2) is 7.96. The molecule has 27 heavy (non-hydrogen) atoms. The van der Waals surface area contributed by atoms with Crippen molar-refractivity contribution in [1.82, 2.24) is 5.43 Å². The average molecular weight is 365 g/mol. The van der Waals surface area contributed by atoms with Gasteiger partial charge in [-0.1, -0.05) is 36.4 Å². The molecule has 3 aromatic carbocycles. The first kappa shape index (κ1) is 17.9. The van der Waals surface area contributed by atoms with Crippen LogP contribution < -0.4 is 10.2 Å². The highest BCUT2D eigenvalue weighted by molar-refractivity contribution is 6.02. The number of nitro groups is 1. The summed E-state index contributed by atoms with van der Waals surface area (Å²) >= 11 is 0. The van der Waals surface area contributed by atoms with Crippen molar-refractivity contribution in [2.45, 2.75) is 0 Å². The second-order valence-corrected chi connectivity index (χ2v) is 5.56. The Kier molecular flexibility index (Phi) is 5.27. The largest absolute Gasteiger partial charge is 0.507 e. The summed E-state index contributed by atoms with van der Waals surface area (Å²) in [5.41, 5.74) is 2.64. The minimum Gasteiger partial charge on any atom is -0.507 e. The van der Waals surface area contributed by atoms with Crippen molar-refractivity contribution >= 4 is 28.6 Å². The molecule has 0 aliphatic rings. The molecule has 0 aliphatic carbocycles. The third-order valence-electron chi connectivity index (χ3n) is 3.73. The predicted molar refractivity (Wildman–Crippen MR) is 99.9 cm³/mol. The maximum atomic E-state index is 11.8. The molecule has 0 radical (unpaired) electrons. The molecule has 0 unspecified atom stereocenters. The number of ether oxygens (including phenoxy) is 1. The van der Waals surface area contributed by atoms with Crippen molar-refractivity contribution in [1.29, 1.82) is 0 Å². The summed E-state index contributed by atoms with van der Waals surface area (Å²) < 4.78 is 5.22. The van der Waals surface area contributed by atoms with E-state index in [0.29, 0.717) is 5.56 Å². The van der Waals surface area contributed by atoms with E-state index in [2.05, 4.69) is 10.5 Å². The molecule has 3 rings (SSSR count). The van der Waals surface area contributed by atoms with E-state index in [4.69, 9.17) is 4.74 Å². The van der Waals surface area contributed by atoms with Gasteiger partial charge in [-0.15, -0.1) is 0 Å². The summed E-state index contributed by atoms with van der Waals surface area (Å²) in [6.07, 6.45) is 1.35. The van der Waals surface area contributed by atoms with Crippen molar-refractivity contribution in [3.8, 4) is 11.5 Å². The molecule has 0 fully saturated rings. The quantitative estimate of drug-likeness (QED) is 0.396. The summed E-state index contributed by atoms with van der Waals surface area (Å²) in [6, 6.07) is 16.3. The lowest BCUT2D eigenvalue weighted by atomic mass is 10.0. The van der Waals surface area contributed by atoms with Crippen LogP contribution in [0.3, 0.4) is 0 Å². The van der Waals surface area contributed by atoms with E-state index < -0.39 is 10.8 Å². The molecule has 0 saturated carbocycles. The lowest BCUT2D eigenvalue weighted by Gasteiger charge is -2.06. The van der Waals surface area contributed by atoms with E-state index in [1.807, 2.05) is 24.3 Å². The molecule has 1 amide bonds. The van der Waals surface area contributed by atoms with Crippen LogP contribution >= 0.6 is 0 Å². The molecular formula is C19H15N3O5. The minimum absolute atomic E-state index is 0.0412. The number of hydrazone groups is 1. The normalized spacial score (nSPS) is 10.8. The van der Waals surface area contributed by atoms with Crippen molar-refractivity contribution < 1.29 is 19.6 Å². The van der Waals surface area contributed by atoms with E-state index >= 15 is 0 Å². The smallest absolute Gasteiger partial charge is 0.277 e. The molecule has 0 atom stereocenters. The fraction of sp³-hybridized carbons (Fsp3) is 0.0526. The van der Waals surface area contributed by atoms with Crippen LogP contribution in [0, 0.1) is 10.1 Å². The van der Waals surface area contributed by atoms with Gasteiger partial charge in [0.1, 0.15) is 11.5 Å². The second-order valence-electron chi connectivity index (χ2n) is 5.56. The Morgan fingerprint density at radius 3 is 2.81 bits per heavy atom. The van der Waals surface area contributed by atoms with Gasteiger partial charge in [0, 0.05) is 11.6 Å². The number of non-ortho nitro benzene ring substituents is 1. The van der Waals surface area contributed by atoms with Gasteiger partial charge in [0.25, 0.3) is 11.6 Å². The van der Waals surface area contributed by atoms with Crippen LogP contribution in [0.4, 0.5) is 5.69 Å². The first-order valence-electron chi connectivity index (χ1n) is 7.94. The summed E-state index contributed by atoms with van der Waals surface area (Å²) in [5, 5.41) is 26.3. The van der Waals surface area contributed by atoms with E-state index in [-0.39, 0.29) is 23.8 Å². The summed E-state index contributed by atoms with van der Waals surface area (Å²) in [4.78, 5) is 22.0. The maximum Gasteiger partial charge on any atom is 0.277 e. The van der Waals surface area contributed by atoms with Crippen molar-refractivity contribution in [2.24, 2.45) is 5.10 Å². The fourth-order valence-corrected chi connectivity index (χ4v) is 2.46. The average Bonchev–Trinajstić information content (AvgIpc) is 2.68. The molecule has 2 N–H and O–H groups in total. The van der Waals surface area contributed by atoms with Crippen LogP contribution in [0.5, 0.6) is 11.5 Å². The van der Waals surface area contributed by atoms with Crippen LogP contribution in [0.2, 0.25) is 0 Å². The SMILES string of the molecule is O=C(COc1cccc([N+](=O)[O-])c1)NN=Cc1c(O)ccc2ccccc12. The molecule has 3 aromatic rings. The Balaban J connectivity index is 1.62. The van der Waals surface area contributed by atoms with Crippen molar-refractivity contribution in [3.63, 3.8) is 0 Å². The first-order valence-corrected chi connectivity index (χ1v) is 7.94. The molecule has 0 aromatic heterocycles. The monoisotopic (exact) mass is 365 g/mol. The van der Waals surface area contributed by atoms with E-state index in [9.17, 15) is 20.0 Å². The molecule has 8 heteroatoms. The number of hydrogen-bond acceptors (Lipinski definition) is 6. The van der Waals surface area contributed by atoms with Gasteiger partial charge in [0.15, 0.2) is 6.61 Å². The number of carbonyl (C=O) groups is 1. The number of phenolic OH excluding ortho intramolecular Hbond substituents is 1. The van der Waals surface area contributed by atoms with Gasteiger partial charge >= 0.3 is 0 Å². The number of hydrogen-bond donors (Lipinski definition) is 2. The highest BCUT2D eigenvalue weighted by Crippen LogP contribution is 2.25. The molecule has 8 nitrogen and oxygen atoms in total. The Bertz CT molecular complexity index is 1030. The van der Waals surface area contributed by atoms with Crippen molar-refractivity contribution in [3.05, 3.63) is 76.3 Å². The van der Waals surface area contributed by atoms with Gasteiger partial charge in [-0.3, -0.25) is 14.9 Å². The third kappa shape index (κ3) is 4.37. The fourth-order valence-electron chi connectivity index (χ4n) is 2.46. The van der Waals surface area contributed by atoms with Crippen molar-refractivity contribution in [2.75, 3.05) is 6.61 Å². The zero-order valence-corrected chi connectivity index (χ0v) is 14.0. The lowest BCUT2D eigenvalue weighted by molar-refractivity contribution is -0.384. The molecular weight excluding hydrogens is 350 g/mol. The Morgan fingerprint density at radius 2 is 2.00 bits per heavy atom. The van der Waals surface area contributed by atoms with Crippen LogP contribution in [0.15, 0.2) is 65.8 Å². The topological polar surface area (TPSA) is 114 Å². The minimum atomic E-state index is -0.548. The summed E-state index contributed by atoms with van der Waals surface area (Å²) in [6.45, 7) is -0.361. The number of nitrogens with zero attached hydrogens (tertiary/aromatic N) is 2. The number of carbonyl (C=O) groups excluding carboxylic acids is 1. The zero-order chi connectivity index (χ0) is 19.2. The molecule has 136 valence electrons. The Hall–Kier alpha value is -3.94. The van der Waals surface area contributed by atoms with Gasteiger partial charge < -0.3 is 9.84 Å². The summed E-state index contributed by atoms with van der Waals surface area (Å²) in [5.74, 6) is -0.299. The molecule has 0 heterocycles. The number of benzene rings is 3. The number of aromatic hydroxyl groups is 1.